The fourth-order valence-electron chi connectivity index (χ4n) is 1.82. The summed E-state index contributed by atoms with van der Waals surface area (Å²) in [5.74, 6) is -0.224. The van der Waals surface area contributed by atoms with Gasteiger partial charge in [-0.25, -0.2) is 0 Å². The summed E-state index contributed by atoms with van der Waals surface area (Å²) in [6.07, 6.45) is 6.59. The van der Waals surface area contributed by atoms with E-state index in [0.717, 1.165) is 24.8 Å². The van der Waals surface area contributed by atoms with Gasteiger partial charge in [0.15, 0.2) is 0 Å². The molecule has 0 bridgehead atoms. The van der Waals surface area contributed by atoms with E-state index in [1.165, 1.54) is 11.8 Å². The largest absolute Gasteiger partial charge is 0.355 e. The van der Waals surface area contributed by atoms with E-state index in [4.69, 9.17) is 0 Å². The number of carbonyl (C=O) groups is 2. The molecule has 1 aromatic rings. The van der Waals surface area contributed by atoms with Gasteiger partial charge in [0.25, 0.3) is 0 Å². The van der Waals surface area contributed by atoms with Crippen molar-refractivity contribution in [1.29, 1.82) is 0 Å². The van der Waals surface area contributed by atoms with Gasteiger partial charge >= 0.3 is 0 Å². The number of nitrogens with one attached hydrogen (secondary N) is 1. The fraction of sp³-hybridized carbons (Fsp3) is 0.533. The molecule has 0 aliphatic carbocycles. The molecule has 0 spiro atoms. The Hall–Kier alpha value is -1.91. The van der Waals surface area contributed by atoms with Crippen LogP contribution in [-0.4, -0.2) is 34.8 Å². The van der Waals surface area contributed by atoms with Crippen molar-refractivity contribution >= 4 is 11.8 Å². The Labute approximate surface area is 120 Å². The summed E-state index contributed by atoms with van der Waals surface area (Å²) in [6, 6.07) is 3.71. The normalized spacial score (nSPS) is 10.1. The highest BCUT2D eigenvalue weighted by molar-refractivity contribution is 5.83. The van der Waals surface area contributed by atoms with Gasteiger partial charge in [-0.2, -0.15) is 0 Å². The van der Waals surface area contributed by atoms with Crippen LogP contribution >= 0.6 is 0 Å². The summed E-state index contributed by atoms with van der Waals surface area (Å²) in [5.41, 5.74) is 0.918. The van der Waals surface area contributed by atoms with E-state index in [-0.39, 0.29) is 18.4 Å². The van der Waals surface area contributed by atoms with Crippen LogP contribution in [0.5, 0.6) is 0 Å². The van der Waals surface area contributed by atoms with Crippen LogP contribution in [0.15, 0.2) is 24.5 Å². The summed E-state index contributed by atoms with van der Waals surface area (Å²) in [7, 11) is 0. The lowest BCUT2D eigenvalue weighted by molar-refractivity contribution is -0.134. The number of amides is 2. The third-order valence-corrected chi connectivity index (χ3v) is 2.98. The molecule has 1 heterocycles. The Morgan fingerprint density at radius 1 is 1.35 bits per heavy atom. The smallest absolute Gasteiger partial charge is 0.239 e. The average molecular weight is 277 g/mol. The van der Waals surface area contributed by atoms with Gasteiger partial charge in [-0.15, -0.1) is 0 Å². The summed E-state index contributed by atoms with van der Waals surface area (Å²) in [4.78, 5) is 28.9. The van der Waals surface area contributed by atoms with Gasteiger partial charge in [-0.1, -0.05) is 25.8 Å². The molecule has 20 heavy (non-hydrogen) atoms. The van der Waals surface area contributed by atoms with E-state index < -0.39 is 0 Å². The minimum atomic E-state index is -0.113. The average Bonchev–Trinajstić information content (AvgIpc) is 2.44. The fourth-order valence-corrected chi connectivity index (χ4v) is 1.82. The van der Waals surface area contributed by atoms with E-state index in [9.17, 15) is 9.59 Å². The Morgan fingerprint density at radius 2 is 2.15 bits per heavy atom. The Balaban J connectivity index is 2.43. The molecule has 5 heteroatoms. The molecule has 1 N–H and O–H groups in total. The Kier molecular flexibility index (Phi) is 7.32. The number of pyridine rings is 1. The van der Waals surface area contributed by atoms with Gasteiger partial charge < -0.3 is 10.2 Å². The molecule has 1 rings (SSSR count). The van der Waals surface area contributed by atoms with Crippen molar-refractivity contribution in [3.8, 4) is 0 Å². The molecule has 1 aromatic heterocycles. The molecule has 0 fully saturated rings. The summed E-state index contributed by atoms with van der Waals surface area (Å²) < 4.78 is 0. The van der Waals surface area contributed by atoms with Crippen molar-refractivity contribution in [1.82, 2.24) is 15.2 Å². The first-order valence-electron chi connectivity index (χ1n) is 7.04. The number of unbranched alkanes of at least 4 members (excludes halogenated alkanes) is 2. The lowest BCUT2D eigenvalue weighted by atomic mass is 10.2. The topological polar surface area (TPSA) is 62.3 Å². The van der Waals surface area contributed by atoms with Gasteiger partial charge in [-0.3, -0.25) is 14.6 Å². The first-order chi connectivity index (χ1) is 9.63. The monoisotopic (exact) mass is 277 g/mol. The van der Waals surface area contributed by atoms with E-state index in [0.29, 0.717) is 13.1 Å². The van der Waals surface area contributed by atoms with E-state index in [1.54, 1.807) is 12.4 Å². The summed E-state index contributed by atoms with van der Waals surface area (Å²) in [5, 5.41) is 2.84. The van der Waals surface area contributed by atoms with Crippen LogP contribution in [0.4, 0.5) is 0 Å². The molecule has 0 saturated carbocycles. The van der Waals surface area contributed by atoms with E-state index in [2.05, 4.69) is 17.2 Å². The van der Waals surface area contributed by atoms with Gasteiger partial charge in [0, 0.05) is 32.4 Å². The van der Waals surface area contributed by atoms with Crippen LogP contribution in [0.1, 0.15) is 38.7 Å². The first-order valence-corrected chi connectivity index (χ1v) is 7.04. The third-order valence-electron chi connectivity index (χ3n) is 2.98. The second-order valence-corrected chi connectivity index (χ2v) is 4.79. The SMILES string of the molecule is CCCCCNC(=O)CN(Cc1cccnc1)C(C)=O. The van der Waals surface area contributed by atoms with Crippen molar-refractivity contribution in [2.45, 2.75) is 39.7 Å². The zero-order chi connectivity index (χ0) is 14.8. The number of rotatable bonds is 8. The maximum atomic E-state index is 11.8. The minimum absolute atomic E-state index is 0.0936. The van der Waals surface area contributed by atoms with Crippen LogP contribution < -0.4 is 5.32 Å². The lowest BCUT2D eigenvalue weighted by Crippen LogP contribution is -2.39. The van der Waals surface area contributed by atoms with E-state index in [1.807, 2.05) is 12.1 Å². The van der Waals surface area contributed by atoms with Crippen LogP contribution in [0.25, 0.3) is 0 Å². The van der Waals surface area contributed by atoms with Crippen molar-refractivity contribution in [3.63, 3.8) is 0 Å². The van der Waals surface area contributed by atoms with Crippen molar-refractivity contribution in [3.05, 3.63) is 30.1 Å². The molecule has 0 aliphatic heterocycles. The molecule has 110 valence electrons. The molecule has 0 saturated heterocycles. The van der Waals surface area contributed by atoms with Gasteiger partial charge in [0.1, 0.15) is 0 Å². The van der Waals surface area contributed by atoms with Crippen LogP contribution in [-0.2, 0) is 16.1 Å². The second kappa shape index (κ2) is 9.07. The maximum absolute atomic E-state index is 11.8. The highest BCUT2D eigenvalue weighted by Crippen LogP contribution is 2.03. The second-order valence-electron chi connectivity index (χ2n) is 4.79. The zero-order valence-electron chi connectivity index (χ0n) is 12.3. The van der Waals surface area contributed by atoms with Crippen molar-refractivity contribution < 1.29 is 9.59 Å². The molecule has 0 unspecified atom stereocenters. The molecule has 0 atom stereocenters. The van der Waals surface area contributed by atoms with Gasteiger partial charge in [-0.05, 0) is 18.1 Å². The first kappa shape index (κ1) is 16.1. The summed E-state index contributed by atoms with van der Waals surface area (Å²) >= 11 is 0. The summed E-state index contributed by atoms with van der Waals surface area (Å²) in [6.45, 7) is 4.77. The van der Waals surface area contributed by atoms with Gasteiger partial charge in [0.05, 0.1) is 6.54 Å². The molecule has 0 aromatic carbocycles. The highest BCUT2D eigenvalue weighted by Gasteiger charge is 2.13. The Bertz CT molecular complexity index is 420. The molecule has 0 radical (unpaired) electrons. The Morgan fingerprint density at radius 3 is 2.75 bits per heavy atom. The number of carbonyl (C=O) groups excluding carboxylic acids is 2. The van der Waals surface area contributed by atoms with Crippen LogP contribution in [0.3, 0.4) is 0 Å². The molecule has 2 amide bonds. The predicted molar refractivity (Wildman–Crippen MR) is 77.9 cm³/mol. The number of hydrogen-bond acceptors (Lipinski definition) is 3. The molecular formula is C15H23N3O2. The van der Waals surface area contributed by atoms with Crippen molar-refractivity contribution in [2.24, 2.45) is 0 Å². The molecule has 5 nitrogen and oxygen atoms in total. The highest BCUT2D eigenvalue weighted by atomic mass is 16.2. The van der Waals surface area contributed by atoms with Crippen LogP contribution in [0.2, 0.25) is 0 Å². The van der Waals surface area contributed by atoms with Gasteiger partial charge in [0.2, 0.25) is 11.8 Å². The van der Waals surface area contributed by atoms with E-state index >= 15 is 0 Å². The van der Waals surface area contributed by atoms with Crippen LogP contribution in [0, 0.1) is 0 Å². The maximum Gasteiger partial charge on any atom is 0.239 e. The number of aromatic nitrogens is 1. The third kappa shape index (κ3) is 6.31. The zero-order valence-corrected chi connectivity index (χ0v) is 12.3. The predicted octanol–water partition coefficient (Wildman–Crippen LogP) is 1.74. The molecule has 0 aliphatic rings. The lowest BCUT2D eigenvalue weighted by Gasteiger charge is -2.20. The quantitative estimate of drug-likeness (QED) is 0.736. The standard InChI is InChI=1S/C15H23N3O2/c1-3-4-5-9-17-15(20)12-18(13(2)19)11-14-7-6-8-16-10-14/h6-8,10H,3-5,9,11-12H2,1-2H3,(H,17,20). The van der Waals surface area contributed by atoms with Crippen molar-refractivity contribution in [2.75, 3.05) is 13.1 Å². The number of hydrogen-bond donors (Lipinski definition) is 1. The minimum Gasteiger partial charge on any atom is -0.355 e. The number of nitrogens with zero attached hydrogens (tertiary/aromatic N) is 2. The molecular weight excluding hydrogens is 254 g/mol.